The topological polar surface area (TPSA) is 61.6 Å². The molecule has 4 nitrogen and oxygen atoms in total. The molecular weight excluding hydrogens is 405 g/mol. The van der Waals surface area contributed by atoms with E-state index < -0.39 is 20.0 Å². The summed E-state index contributed by atoms with van der Waals surface area (Å²) in [5.74, 6) is 0. The fraction of sp³-hybridized carbons (Fsp3) is 0.0769. The van der Waals surface area contributed by atoms with Crippen LogP contribution in [0.25, 0.3) is 0 Å². The highest BCUT2D eigenvalue weighted by molar-refractivity contribution is 7.51. The van der Waals surface area contributed by atoms with Gasteiger partial charge in [0.25, 0.3) is 0 Å². The average Bonchev–Trinajstić information content (AvgIpc) is 2.83. The molecule has 4 aromatic carbocycles. The summed E-state index contributed by atoms with van der Waals surface area (Å²) in [6.45, 7) is 0. The van der Waals surface area contributed by atoms with Crippen LogP contribution in [0.5, 0.6) is 0 Å². The molecule has 4 rings (SSSR count). The third kappa shape index (κ3) is 5.57. The zero-order chi connectivity index (χ0) is 21.5. The second kappa shape index (κ2) is 9.86. The third-order valence-electron chi connectivity index (χ3n) is 4.91. The molecule has 0 saturated carbocycles. The first-order chi connectivity index (χ1) is 15.1. The van der Waals surface area contributed by atoms with Gasteiger partial charge in [-0.25, -0.2) is 10.1 Å². The maximum absolute atomic E-state index is 13.5. The van der Waals surface area contributed by atoms with Crippen molar-refractivity contribution in [3.8, 4) is 0 Å². The maximum atomic E-state index is 13.5. The first-order valence-corrected chi connectivity index (χ1v) is 11.7. The summed E-state index contributed by atoms with van der Waals surface area (Å²) in [5.41, 5.74) is 9.56. The number of benzene rings is 4. The normalized spacial score (nSPS) is 11.7. The lowest BCUT2D eigenvalue weighted by Gasteiger charge is -2.26. The Morgan fingerprint density at radius 2 is 0.710 bits per heavy atom. The van der Waals surface area contributed by atoms with Crippen LogP contribution >= 0.6 is 7.75 Å². The molecule has 0 spiro atoms. The second-order valence-corrected chi connectivity index (χ2v) is 8.65. The molecule has 0 atom stereocenters. The van der Waals surface area contributed by atoms with Crippen LogP contribution in [0.15, 0.2) is 121 Å². The van der Waals surface area contributed by atoms with E-state index in [9.17, 15) is 4.57 Å². The lowest BCUT2D eigenvalue weighted by atomic mass is 10.0. The molecule has 5 heteroatoms. The largest absolute Gasteiger partial charge is 0.404 e. The monoisotopic (exact) mass is 429 g/mol. The van der Waals surface area contributed by atoms with Gasteiger partial charge in [0.05, 0.1) is 0 Å². The Hall–Kier alpha value is -3.01. The fourth-order valence-corrected chi connectivity index (χ4v) is 4.58. The predicted molar refractivity (Wildman–Crippen MR) is 123 cm³/mol. The van der Waals surface area contributed by atoms with Crippen LogP contribution < -0.4 is 5.50 Å². The molecule has 4 aromatic rings. The van der Waals surface area contributed by atoms with Gasteiger partial charge in [-0.3, -0.25) is 9.05 Å². The van der Waals surface area contributed by atoms with Crippen molar-refractivity contribution in [2.45, 2.75) is 12.2 Å². The Morgan fingerprint density at radius 3 is 0.935 bits per heavy atom. The Labute approximate surface area is 182 Å². The van der Waals surface area contributed by atoms with Crippen LogP contribution in [0.2, 0.25) is 0 Å². The van der Waals surface area contributed by atoms with Gasteiger partial charge in [0.1, 0.15) is 12.2 Å². The molecule has 0 fully saturated rings. The van der Waals surface area contributed by atoms with Crippen molar-refractivity contribution in [2.75, 3.05) is 0 Å². The highest BCUT2D eigenvalue weighted by Crippen LogP contribution is 2.51. The van der Waals surface area contributed by atoms with Gasteiger partial charge in [0.2, 0.25) is 0 Å². The van der Waals surface area contributed by atoms with Crippen LogP contribution in [0.4, 0.5) is 0 Å². The summed E-state index contributed by atoms with van der Waals surface area (Å²) in [6.07, 6.45) is -1.24. The molecule has 0 heterocycles. The lowest BCUT2D eigenvalue weighted by molar-refractivity contribution is 0.145. The van der Waals surface area contributed by atoms with Crippen molar-refractivity contribution in [2.24, 2.45) is 5.50 Å². The summed E-state index contributed by atoms with van der Waals surface area (Å²) >= 11 is 0. The Bertz CT molecular complexity index is 954. The van der Waals surface area contributed by atoms with Crippen LogP contribution in [-0.4, -0.2) is 0 Å². The van der Waals surface area contributed by atoms with Crippen LogP contribution in [0.3, 0.4) is 0 Å². The zero-order valence-electron chi connectivity index (χ0n) is 17.0. The van der Waals surface area contributed by atoms with Crippen molar-refractivity contribution in [3.63, 3.8) is 0 Å². The summed E-state index contributed by atoms with van der Waals surface area (Å²) < 4.78 is 25.5. The van der Waals surface area contributed by atoms with E-state index in [1.165, 1.54) is 0 Å². The number of rotatable bonds is 8. The maximum Gasteiger partial charge on any atom is 0.404 e. The molecule has 0 amide bonds. The SMILES string of the molecule is NP(=O)(OC(c1ccccc1)c1ccccc1)OC(c1ccccc1)c1ccccc1. The summed E-state index contributed by atoms with van der Waals surface area (Å²) in [4.78, 5) is 0. The van der Waals surface area contributed by atoms with Crippen molar-refractivity contribution < 1.29 is 13.6 Å². The number of nitrogens with two attached hydrogens (primary N) is 1. The van der Waals surface area contributed by atoms with Gasteiger partial charge in [0.15, 0.2) is 0 Å². The van der Waals surface area contributed by atoms with E-state index >= 15 is 0 Å². The molecule has 0 aliphatic carbocycles. The quantitative estimate of drug-likeness (QED) is 0.318. The first kappa shape index (κ1) is 21.2. The van der Waals surface area contributed by atoms with Gasteiger partial charge in [0, 0.05) is 0 Å². The van der Waals surface area contributed by atoms with E-state index in [0.717, 1.165) is 22.3 Å². The summed E-state index contributed by atoms with van der Waals surface area (Å²) in [7, 11) is -3.97. The Balaban J connectivity index is 1.66. The summed E-state index contributed by atoms with van der Waals surface area (Å²) in [6, 6.07) is 38.3. The minimum atomic E-state index is -3.97. The minimum Gasteiger partial charge on any atom is -0.284 e. The van der Waals surface area contributed by atoms with Gasteiger partial charge >= 0.3 is 7.75 Å². The molecule has 0 radical (unpaired) electrons. The molecule has 156 valence electrons. The van der Waals surface area contributed by atoms with Gasteiger partial charge in [-0.05, 0) is 22.3 Å². The standard InChI is InChI=1S/C26H24NO3P/c27-31(28,29-25(21-13-5-1-6-14-21)22-15-7-2-8-16-22)30-26(23-17-9-3-10-18-23)24-19-11-4-12-20-24/h1-20,25-26H,(H2,27,28). The molecule has 0 aliphatic rings. The summed E-state index contributed by atoms with van der Waals surface area (Å²) in [5, 5.41) is 0. The second-order valence-electron chi connectivity index (χ2n) is 7.15. The third-order valence-corrected chi connectivity index (χ3v) is 5.92. The highest BCUT2D eigenvalue weighted by Gasteiger charge is 2.31. The average molecular weight is 429 g/mol. The van der Waals surface area contributed by atoms with E-state index in [2.05, 4.69) is 0 Å². The van der Waals surface area contributed by atoms with Crippen molar-refractivity contribution >= 4 is 7.75 Å². The van der Waals surface area contributed by atoms with E-state index in [4.69, 9.17) is 14.6 Å². The Kier molecular flexibility index (Phi) is 6.76. The van der Waals surface area contributed by atoms with Crippen LogP contribution in [-0.2, 0) is 13.6 Å². The van der Waals surface area contributed by atoms with E-state index in [1.807, 2.05) is 121 Å². The van der Waals surface area contributed by atoms with Gasteiger partial charge < -0.3 is 0 Å². The fourth-order valence-electron chi connectivity index (χ4n) is 3.46. The Morgan fingerprint density at radius 1 is 0.484 bits per heavy atom. The smallest absolute Gasteiger partial charge is 0.284 e. The van der Waals surface area contributed by atoms with Crippen molar-refractivity contribution in [3.05, 3.63) is 144 Å². The van der Waals surface area contributed by atoms with Crippen molar-refractivity contribution in [1.82, 2.24) is 0 Å². The van der Waals surface area contributed by atoms with E-state index in [1.54, 1.807) is 0 Å². The molecule has 0 aliphatic heterocycles. The van der Waals surface area contributed by atoms with Crippen LogP contribution in [0.1, 0.15) is 34.5 Å². The highest BCUT2D eigenvalue weighted by atomic mass is 31.2. The van der Waals surface area contributed by atoms with Crippen molar-refractivity contribution in [1.29, 1.82) is 0 Å². The molecule has 0 bridgehead atoms. The predicted octanol–water partition coefficient (Wildman–Crippen LogP) is 6.67. The molecule has 0 unspecified atom stereocenters. The van der Waals surface area contributed by atoms with Crippen LogP contribution in [0, 0.1) is 0 Å². The lowest BCUT2D eigenvalue weighted by Crippen LogP contribution is -2.14. The van der Waals surface area contributed by atoms with Gasteiger partial charge in [-0.15, -0.1) is 0 Å². The minimum absolute atomic E-state index is 0.620. The molecule has 0 saturated heterocycles. The van der Waals surface area contributed by atoms with E-state index in [0.29, 0.717) is 0 Å². The molecule has 2 N–H and O–H groups in total. The molecule has 0 aromatic heterocycles. The zero-order valence-corrected chi connectivity index (χ0v) is 17.8. The van der Waals surface area contributed by atoms with Gasteiger partial charge in [-0.2, -0.15) is 0 Å². The molecule has 31 heavy (non-hydrogen) atoms. The van der Waals surface area contributed by atoms with E-state index in [-0.39, 0.29) is 0 Å². The first-order valence-electron chi connectivity index (χ1n) is 10.1. The number of hydrogen-bond acceptors (Lipinski definition) is 3. The van der Waals surface area contributed by atoms with Gasteiger partial charge in [-0.1, -0.05) is 121 Å². The molecular formula is C26H24NO3P. The number of hydrogen-bond donors (Lipinski definition) is 1.